The Morgan fingerprint density at radius 3 is 2.77 bits per heavy atom. The van der Waals surface area contributed by atoms with Crippen LogP contribution in [-0.2, 0) is 19.5 Å². The van der Waals surface area contributed by atoms with E-state index in [-0.39, 0.29) is 0 Å². The molecule has 0 radical (unpaired) electrons. The molecule has 1 aliphatic rings. The topological polar surface area (TPSA) is 114 Å². The van der Waals surface area contributed by atoms with E-state index in [0.29, 0.717) is 11.4 Å². The average Bonchev–Trinajstić information content (AvgIpc) is 3.07. The van der Waals surface area contributed by atoms with E-state index in [9.17, 15) is 4.79 Å². The number of benzene rings is 1. The van der Waals surface area contributed by atoms with Crippen molar-refractivity contribution in [1.29, 1.82) is 0 Å². The van der Waals surface area contributed by atoms with Gasteiger partial charge < -0.3 is 16.5 Å². The lowest BCUT2D eigenvalue weighted by Crippen LogP contribution is -2.30. The number of nitrogens with one attached hydrogen (secondary N) is 1. The number of carbonyl (C=O) groups is 1. The largest absolute Gasteiger partial charge is 0.383 e. The number of pyridine rings is 1. The minimum Gasteiger partial charge on any atom is -0.383 e. The summed E-state index contributed by atoms with van der Waals surface area (Å²) in [5.41, 5.74) is 15.9. The molecule has 4 rings (SSSR count). The Labute approximate surface area is 151 Å². The molecule has 0 saturated heterocycles. The molecular formula is C19H20N6O. The quantitative estimate of drug-likeness (QED) is 0.664. The SMILES string of the molecule is NC(=O)c1ccc(-c2nc3c([nH]2)CN(Cc2cccnc2N)CC3)cc1. The van der Waals surface area contributed by atoms with Gasteiger partial charge in [0.2, 0.25) is 5.91 Å². The third kappa shape index (κ3) is 3.16. The van der Waals surface area contributed by atoms with Gasteiger partial charge in [-0.15, -0.1) is 0 Å². The van der Waals surface area contributed by atoms with Crippen LogP contribution < -0.4 is 11.5 Å². The molecule has 3 aromatic rings. The number of hydrogen-bond donors (Lipinski definition) is 3. The molecule has 26 heavy (non-hydrogen) atoms. The molecule has 0 fully saturated rings. The summed E-state index contributed by atoms with van der Waals surface area (Å²) in [5, 5.41) is 0. The van der Waals surface area contributed by atoms with Crippen LogP contribution in [0.25, 0.3) is 11.4 Å². The Hall–Kier alpha value is -3.19. The second kappa shape index (κ2) is 6.61. The van der Waals surface area contributed by atoms with Crippen LogP contribution in [0.3, 0.4) is 0 Å². The molecule has 0 spiro atoms. The number of amides is 1. The van der Waals surface area contributed by atoms with Gasteiger partial charge in [-0.1, -0.05) is 18.2 Å². The van der Waals surface area contributed by atoms with E-state index in [1.165, 1.54) is 0 Å². The highest BCUT2D eigenvalue weighted by atomic mass is 16.1. The summed E-state index contributed by atoms with van der Waals surface area (Å²) in [5.74, 6) is 0.965. The van der Waals surface area contributed by atoms with E-state index in [1.807, 2.05) is 24.3 Å². The maximum absolute atomic E-state index is 11.2. The second-order valence-corrected chi connectivity index (χ2v) is 6.46. The Morgan fingerprint density at radius 2 is 2.04 bits per heavy atom. The fourth-order valence-corrected chi connectivity index (χ4v) is 3.24. The molecule has 132 valence electrons. The van der Waals surface area contributed by atoms with Gasteiger partial charge in [0, 0.05) is 48.9 Å². The van der Waals surface area contributed by atoms with Crippen LogP contribution in [0.4, 0.5) is 5.82 Å². The van der Waals surface area contributed by atoms with Crippen molar-refractivity contribution in [3.8, 4) is 11.4 Å². The van der Waals surface area contributed by atoms with Crippen LogP contribution >= 0.6 is 0 Å². The highest BCUT2D eigenvalue weighted by Gasteiger charge is 2.21. The molecule has 7 nitrogen and oxygen atoms in total. The van der Waals surface area contributed by atoms with Gasteiger partial charge in [0.25, 0.3) is 0 Å². The summed E-state index contributed by atoms with van der Waals surface area (Å²) in [6.07, 6.45) is 2.59. The van der Waals surface area contributed by atoms with E-state index >= 15 is 0 Å². The highest BCUT2D eigenvalue weighted by Crippen LogP contribution is 2.24. The molecule has 3 heterocycles. The number of imidazole rings is 1. The zero-order valence-corrected chi connectivity index (χ0v) is 14.3. The number of aromatic nitrogens is 3. The number of rotatable bonds is 4. The van der Waals surface area contributed by atoms with Crippen LogP contribution in [0.15, 0.2) is 42.6 Å². The van der Waals surface area contributed by atoms with Crippen molar-refractivity contribution in [3.05, 3.63) is 65.1 Å². The van der Waals surface area contributed by atoms with Gasteiger partial charge in [-0.3, -0.25) is 9.69 Å². The minimum absolute atomic E-state index is 0.430. The van der Waals surface area contributed by atoms with E-state index in [0.717, 1.165) is 54.4 Å². The number of carbonyl (C=O) groups excluding carboxylic acids is 1. The van der Waals surface area contributed by atoms with Gasteiger partial charge in [-0.2, -0.15) is 0 Å². The number of nitrogens with two attached hydrogens (primary N) is 2. The molecule has 0 bridgehead atoms. The second-order valence-electron chi connectivity index (χ2n) is 6.46. The minimum atomic E-state index is -0.430. The van der Waals surface area contributed by atoms with Crippen LogP contribution in [0.5, 0.6) is 0 Å². The summed E-state index contributed by atoms with van der Waals surface area (Å²) < 4.78 is 0. The van der Waals surface area contributed by atoms with Gasteiger partial charge in [0.1, 0.15) is 11.6 Å². The number of primary amides is 1. The third-order valence-corrected chi connectivity index (χ3v) is 4.67. The number of nitrogen functional groups attached to an aromatic ring is 1. The molecule has 0 saturated carbocycles. The molecule has 5 N–H and O–H groups in total. The highest BCUT2D eigenvalue weighted by molar-refractivity contribution is 5.93. The zero-order chi connectivity index (χ0) is 18.1. The summed E-state index contributed by atoms with van der Waals surface area (Å²) in [7, 11) is 0. The van der Waals surface area contributed by atoms with Gasteiger partial charge in [-0.05, 0) is 18.2 Å². The third-order valence-electron chi connectivity index (χ3n) is 4.67. The Morgan fingerprint density at radius 1 is 1.23 bits per heavy atom. The van der Waals surface area contributed by atoms with Crippen molar-refractivity contribution in [2.45, 2.75) is 19.5 Å². The van der Waals surface area contributed by atoms with E-state index < -0.39 is 5.91 Å². The first-order valence-corrected chi connectivity index (χ1v) is 8.50. The van der Waals surface area contributed by atoms with E-state index in [1.54, 1.807) is 18.3 Å². The van der Waals surface area contributed by atoms with Crippen molar-refractivity contribution in [1.82, 2.24) is 19.9 Å². The Bertz CT molecular complexity index is 947. The van der Waals surface area contributed by atoms with Crippen molar-refractivity contribution in [2.24, 2.45) is 5.73 Å². The summed E-state index contributed by atoms with van der Waals surface area (Å²) >= 11 is 0. The van der Waals surface area contributed by atoms with Crippen molar-refractivity contribution >= 4 is 11.7 Å². The number of hydrogen-bond acceptors (Lipinski definition) is 5. The predicted molar refractivity (Wildman–Crippen MR) is 99.0 cm³/mol. The first kappa shape index (κ1) is 16.3. The number of aromatic amines is 1. The van der Waals surface area contributed by atoms with Gasteiger partial charge in [-0.25, -0.2) is 9.97 Å². The molecule has 0 aliphatic carbocycles. The molecule has 1 aromatic carbocycles. The maximum atomic E-state index is 11.2. The normalized spacial score (nSPS) is 14.2. The fourth-order valence-electron chi connectivity index (χ4n) is 3.24. The van der Waals surface area contributed by atoms with Crippen molar-refractivity contribution in [2.75, 3.05) is 12.3 Å². The molecule has 0 atom stereocenters. The van der Waals surface area contributed by atoms with Crippen LogP contribution in [0, 0.1) is 0 Å². The predicted octanol–water partition coefficient (Wildman–Crippen LogP) is 1.71. The lowest BCUT2D eigenvalue weighted by molar-refractivity contribution is 0.100. The molecular weight excluding hydrogens is 328 g/mol. The molecule has 1 aliphatic heterocycles. The zero-order valence-electron chi connectivity index (χ0n) is 14.3. The Balaban J connectivity index is 1.52. The summed E-state index contributed by atoms with van der Waals surface area (Å²) in [6, 6.07) is 11.1. The standard InChI is InChI=1S/C19H20N6O/c20-17-14(2-1-8-22-17)10-25-9-7-15-16(11-25)24-19(23-15)13-5-3-12(4-6-13)18(21)26/h1-6,8H,7,9-11H2,(H2,20,22)(H2,21,26)(H,23,24). The van der Waals surface area contributed by atoms with Gasteiger partial charge in [0.15, 0.2) is 0 Å². The van der Waals surface area contributed by atoms with Crippen molar-refractivity contribution < 1.29 is 4.79 Å². The lowest BCUT2D eigenvalue weighted by Gasteiger charge is -2.26. The summed E-state index contributed by atoms with van der Waals surface area (Å²) in [4.78, 5) is 25.8. The number of fused-ring (bicyclic) bond motifs is 1. The van der Waals surface area contributed by atoms with E-state index in [4.69, 9.17) is 16.5 Å². The number of anilines is 1. The molecule has 7 heteroatoms. The van der Waals surface area contributed by atoms with Crippen LogP contribution in [0.2, 0.25) is 0 Å². The monoisotopic (exact) mass is 348 g/mol. The first-order chi connectivity index (χ1) is 12.6. The maximum Gasteiger partial charge on any atom is 0.248 e. The Kier molecular flexibility index (Phi) is 4.14. The summed E-state index contributed by atoms with van der Waals surface area (Å²) in [6.45, 7) is 2.48. The average molecular weight is 348 g/mol. The van der Waals surface area contributed by atoms with Crippen LogP contribution in [0.1, 0.15) is 27.3 Å². The lowest BCUT2D eigenvalue weighted by atomic mass is 10.1. The number of nitrogens with zero attached hydrogens (tertiary/aromatic N) is 3. The molecule has 2 aromatic heterocycles. The smallest absolute Gasteiger partial charge is 0.248 e. The number of H-pyrrole nitrogens is 1. The van der Waals surface area contributed by atoms with E-state index in [2.05, 4.69) is 14.9 Å². The fraction of sp³-hybridized carbons (Fsp3) is 0.211. The molecule has 0 unspecified atom stereocenters. The first-order valence-electron chi connectivity index (χ1n) is 8.50. The van der Waals surface area contributed by atoms with Crippen LogP contribution in [-0.4, -0.2) is 32.3 Å². The van der Waals surface area contributed by atoms with Gasteiger partial charge in [0.05, 0.1) is 11.4 Å². The van der Waals surface area contributed by atoms with Gasteiger partial charge >= 0.3 is 0 Å². The van der Waals surface area contributed by atoms with Crippen molar-refractivity contribution in [3.63, 3.8) is 0 Å². The molecule has 1 amide bonds.